The molecule has 18 heavy (non-hydrogen) atoms. The van der Waals surface area contributed by atoms with Gasteiger partial charge in [0, 0.05) is 24.7 Å². The number of rotatable bonds is 1. The molecule has 0 aromatic rings. The molecule has 102 valence electrons. The van der Waals surface area contributed by atoms with Crippen LogP contribution in [0.3, 0.4) is 0 Å². The average Bonchev–Trinajstić information content (AvgIpc) is 2.33. The number of hydrogen-bond donors (Lipinski definition) is 0. The van der Waals surface area contributed by atoms with Crippen LogP contribution in [-0.4, -0.2) is 52.3 Å². The lowest BCUT2D eigenvalue weighted by Crippen LogP contribution is -2.58. The zero-order valence-corrected chi connectivity index (χ0v) is 12.7. The minimum Gasteiger partial charge on any atom is -0.339 e. The molecule has 4 heteroatoms. The molecule has 0 aromatic heterocycles. The van der Waals surface area contributed by atoms with Gasteiger partial charge in [-0.15, -0.1) is 0 Å². The summed E-state index contributed by atoms with van der Waals surface area (Å²) in [6.45, 7) is 0.981. The summed E-state index contributed by atoms with van der Waals surface area (Å²) in [7, 11) is 2.27. The van der Waals surface area contributed by atoms with Crippen LogP contribution in [0.15, 0.2) is 0 Å². The van der Waals surface area contributed by atoms with Gasteiger partial charge in [0.2, 0.25) is 5.91 Å². The molecule has 0 spiro atoms. The summed E-state index contributed by atoms with van der Waals surface area (Å²) < 4.78 is 0. The van der Waals surface area contributed by atoms with E-state index in [1.165, 1.54) is 32.1 Å². The maximum Gasteiger partial charge on any atom is 0.236 e. The number of piperidine rings is 3. The van der Waals surface area contributed by atoms with E-state index in [4.69, 9.17) is 0 Å². The number of carbonyl (C=O) groups is 1. The Bertz CT molecular complexity index is 322. The Labute approximate surface area is 118 Å². The predicted octanol–water partition coefficient (Wildman–Crippen LogP) is 2.39. The van der Waals surface area contributed by atoms with Gasteiger partial charge < -0.3 is 9.80 Å². The van der Waals surface area contributed by atoms with Crippen LogP contribution in [-0.2, 0) is 4.79 Å². The summed E-state index contributed by atoms with van der Waals surface area (Å²) in [4.78, 5) is 17.1. The van der Waals surface area contributed by atoms with Crippen molar-refractivity contribution in [1.82, 2.24) is 9.80 Å². The van der Waals surface area contributed by atoms with Gasteiger partial charge in [-0.3, -0.25) is 4.79 Å². The first-order valence-corrected chi connectivity index (χ1v) is 8.25. The molecule has 3 atom stereocenters. The summed E-state index contributed by atoms with van der Waals surface area (Å²) in [5, 5.41) is 0. The van der Waals surface area contributed by atoms with Gasteiger partial charge in [-0.05, 0) is 45.6 Å². The number of alkyl halides is 1. The Morgan fingerprint density at radius 3 is 2.39 bits per heavy atom. The van der Waals surface area contributed by atoms with Crippen LogP contribution in [0.2, 0.25) is 0 Å². The molecule has 3 nitrogen and oxygen atoms in total. The van der Waals surface area contributed by atoms with Crippen molar-refractivity contribution in [2.45, 2.75) is 67.9 Å². The van der Waals surface area contributed by atoms with Gasteiger partial charge in [-0.25, -0.2) is 0 Å². The molecule has 3 aliphatic rings. The molecular weight excluding hydrogens is 292 g/mol. The molecular formula is C14H23BrN2O. The van der Waals surface area contributed by atoms with Crippen molar-refractivity contribution in [3.63, 3.8) is 0 Å². The Morgan fingerprint density at radius 1 is 1.06 bits per heavy atom. The maximum atomic E-state index is 12.3. The van der Waals surface area contributed by atoms with Crippen LogP contribution in [0.25, 0.3) is 0 Å². The molecule has 2 bridgehead atoms. The van der Waals surface area contributed by atoms with Gasteiger partial charge in [0.05, 0.1) is 4.83 Å². The lowest BCUT2D eigenvalue weighted by atomic mass is 9.81. The quantitative estimate of drug-likeness (QED) is 0.694. The molecule has 0 aromatic carbocycles. The van der Waals surface area contributed by atoms with Crippen LogP contribution in [0.4, 0.5) is 0 Å². The maximum absolute atomic E-state index is 12.3. The molecule has 3 saturated heterocycles. The van der Waals surface area contributed by atoms with Crippen molar-refractivity contribution >= 4 is 21.8 Å². The monoisotopic (exact) mass is 314 g/mol. The number of fused-ring (bicyclic) bond motifs is 2. The van der Waals surface area contributed by atoms with Crippen LogP contribution >= 0.6 is 15.9 Å². The summed E-state index contributed by atoms with van der Waals surface area (Å²) in [6, 6.07) is 1.93. The van der Waals surface area contributed by atoms with Crippen LogP contribution in [0, 0.1) is 0 Å². The molecule has 3 fully saturated rings. The van der Waals surface area contributed by atoms with E-state index in [-0.39, 0.29) is 4.83 Å². The Hall–Kier alpha value is -0.0900. The summed E-state index contributed by atoms with van der Waals surface area (Å²) in [5.41, 5.74) is 0. The van der Waals surface area contributed by atoms with Crippen molar-refractivity contribution in [3.05, 3.63) is 0 Å². The van der Waals surface area contributed by atoms with E-state index in [0.29, 0.717) is 24.0 Å². The van der Waals surface area contributed by atoms with Crippen LogP contribution in [0.1, 0.15) is 44.9 Å². The highest BCUT2D eigenvalue weighted by Gasteiger charge is 2.41. The first-order chi connectivity index (χ1) is 8.66. The minimum atomic E-state index is 0.0748. The Kier molecular flexibility index (Phi) is 3.68. The minimum absolute atomic E-state index is 0.0748. The number of carbonyl (C=O) groups excluding carboxylic acids is 1. The van der Waals surface area contributed by atoms with E-state index in [1.54, 1.807) is 0 Å². The van der Waals surface area contributed by atoms with Gasteiger partial charge in [-0.2, -0.15) is 0 Å². The fourth-order valence-electron chi connectivity index (χ4n) is 4.06. The number of nitrogens with zero attached hydrogens (tertiary/aromatic N) is 2. The molecule has 1 amide bonds. The Balaban J connectivity index is 1.71. The van der Waals surface area contributed by atoms with E-state index in [9.17, 15) is 4.79 Å². The largest absolute Gasteiger partial charge is 0.339 e. The normalized spacial score (nSPS) is 42.1. The molecule has 3 rings (SSSR count). The second kappa shape index (κ2) is 5.12. The molecule has 3 unspecified atom stereocenters. The molecule has 0 N–H and O–H groups in total. The predicted molar refractivity (Wildman–Crippen MR) is 75.9 cm³/mol. The molecule has 0 saturated carbocycles. The third-order valence-electron chi connectivity index (χ3n) is 5.16. The van der Waals surface area contributed by atoms with E-state index in [1.807, 2.05) is 0 Å². The highest BCUT2D eigenvalue weighted by molar-refractivity contribution is 9.10. The summed E-state index contributed by atoms with van der Waals surface area (Å²) in [5.74, 6) is 0.342. The third kappa shape index (κ3) is 2.22. The standard InChI is InChI=1S/C14H23BrN2O/c1-16-10-4-2-5-11(16)9-12(8-10)17-7-3-6-13(15)14(17)18/h10-13H,2-9H2,1H3. The zero-order valence-electron chi connectivity index (χ0n) is 11.1. The highest BCUT2D eigenvalue weighted by Crippen LogP contribution is 2.36. The van der Waals surface area contributed by atoms with Crippen molar-refractivity contribution < 1.29 is 4.79 Å². The second-order valence-electron chi connectivity index (χ2n) is 6.17. The molecule has 3 heterocycles. The van der Waals surface area contributed by atoms with Gasteiger partial charge >= 0.3 is 0 Å². The molecule has 0 aliphatic carbocycles. The second-order valence-corrected chi connectivity index (χ2v) is 7.28. The first kappa shape index (κ1) is 12.9. The topological polar surface area (TPSA) is 23.6 Å². The van der Waals surface area contributed by atoms with Gasteiger partial charge in [0.15, 0.2) is 0 Å². The van der Waals surface area contributed by atoms with Crippen LogP contribution in [0.5, 0.6) is 0 Å². The van der Waals surface area contributed by atoms with Crippen molar-refractivity contribution in [3.8, 4) is 0 Å². The fraction of sp³-hybridized carbons (Fsp3) is 0.929. The number of halogens is 1. The van der Waals surface area contributed by atoms with E-state index < -0.39 is 0 Å². The summed E-state index contributed by atoms with van der Waals surface area (Å²) >= 11 is 3.53. The lowest BCUT2D eigenvalue weighted by Gasteiger charge is -2.50. The highest BCUT2D eigenvalue weighted by atomic mass is 79.9. The Morgan fingerprint density at radius 2 is 1.72 bits per heavy atom. The van der Waals surface area contributed by atoms with Gasteiger partial charge in [0.25, 0.3) is 0 Å². The number of hydrogen-bond acceptors (Lipinski definition) is 2. The smallest absolute Gasteiger partial charge is 0.236 e. The average molecular weight is 315 g/mol. The van der Waals surface area contributed by atoms with E-state index >= 15 is 0 Å². The lowest BCUT2D eigenvalue weighted by molar-refractivity contribution is -0.137. The van der Waals surface area contributed by atoms with E-state index in [0.717, 1.165) is 19.4 Å². The van der Waals surface area contributed by atoms with Crippen LogP contribution < -0.4 is 0 Å². The van der Waals surface area contributed by atoms with Gasteiger partial charge in [-0.1, -0.05) is 22.4 Å². The summed E-state index contributed by atoms with van der Waals surface area (Å²) in [6.07, 6.45) is 8.57. The van der Waals surface area contributed by atoms with Gasteiger partial charge in [0.1, 0.15) is 0 Å². The van der Waals surface area contributed by atoms with Crippen molar-refractivity contribution in [2.24, 2.45) is 0 Å². The van der Waals surface area contributed by atoms with E-state index in [2.05, 4.69) is 32.8 Å². The van der Waals surface area contributed by atoms with Crippen molar-refractivity contribution in [2.75, 3.05) is 13.6 Å². The molecule has 0 radical (unpaired) electrons. The first-order valence-electron chi connectivity index (χ1n) is 7.33. The zero-order chi connectivity index (χ0) is 12.7. The third-order valence-corrected chi connectivity index (χ3v) is 6.01. The SMILES string of the molecule is CN1C2CCCC1CC(N1CCCC(Br)C1=O)C2. The molecule has 3 aliphatic heterocycles. The fourth-order valence-corrected chi connectivity index (χ4v) is 4.65. The number of likely N-dealkylation sites (tertiary alicyclic amines) is 1. The number of amides is 1. The van der Waals surface area contributed by atoms with Crippen molar-refractivity contribution in [1.29, 1.82) is 0 Å².